The summed E-state index contributed by atoms with van der Waals surface area (Å²) in [4.78, 5) is 0. The predicted octanol–water partition coefficient (Wildman–Crippen LogP) is 3.14. The van der Waals surface area contributed by atoms with Gasteiger partial charge in [0.2, 0.25) is 0 Å². The molecule has 0 radical (unpaired) electrons. The van der Waals surface area contributed by atoms with Gasteiger partial charge in [0.15, 0.2) is 0 Å². The number of aliphatic hydroxyl groups is 2. The number of hydrogen-bond acceptors (Lipinski definition) is 2. The molecule has 2 N–H and O–H groups in total. The van der Waals surface area contributed by atoms with E-state index in [2.05, 4.69) is 6.58 Å². The van der Waals surface area contributed by atoms with E-state index in [4.69, 9.17) is 0 Å². The molecule has 1 rings (SSSR count). The Hall–Kier alpha value is -0.340. The molecular weight excluding hydrogens is 212 g/mol. The second-order valence-electron chi connectivity index (χ2n) is 6.00. The van der Waals surface area contributed by atoms with Crippen LogP contribution in [0, 0.1) is 17.8 Å². The summed E-state index contributed by atoms with van der Waals surface area (Å²) in [6.45, 7) is 9.86. The number of rotatable bonds is 5. The van der Waals surface area contributed by atoms with Gasteiger partial charge in [0.1, 0.15) is 0 Å². The van der Waals surface area contributed by atoms with Gasteiger partial charge in [-0.1, -0.05) is 45.3 Å². The molecule has 0 spiro atoms. The summed E-state index contributed by atoms with van der Waals surface area (Å²) in [5, 5.41) is 20.7. The van der Waals surface area contributed by atoms with Crippen molar-refractivity contribution in [3.8, 4) is 0 Å². The van der Waals surface area contributed by atoms with Crippen LogP contribution in [-0.4, -0.2) is 22.4 Å². The summed E-state index contributed by atoms with van der Waals surface area (Å²) in [6.07, 6.45) is 4.99. The summed E-state index contributed by atoms with van der Waals surface area (Å²) in [5.74, 6) is 0.340. The lowest BCUT2D eigenvalue weighted by Crippen LogP contribution is -2.40. The summed E-state index contributed by atoms with van der Waals surface area (Å²) in [7, 11) is 0. The van der Waals surface area contributed by atoms with E-state index < -0.39 is 12.2 Å². The summed E-state index contributed by atoms with van der Waals surface area (Å²) in [6, 6.07) is 0. The minimum atomic E-state index is -0.482. The van der Waals surface area contributed by atoms with Gasteiger partial charge in [-0.05, 0) is 31.6 Å². The minimum absolute atomic E-state index is 0.162. The van der Waals surface area contributed by atoms with Crippen molar-refractivity contribution in [3.05, 3.63) is 12.2 Å². The molecule has 2 heteroatoms. The van der Waals surface area contributed by atoms with Crippen molar-refractivity contribution < 1.29 is 10.2 Å². The van der Waals surface area contributed by atoms with Gasteiger partial charge in [-0.15, -0.1) is 0 Å². The predicted molar refractivity (Wildman–Crippen MR) is 71.7 cm³/mol. The third-order valence-electron chi connectivity index (χ3n) is 4.12. The fourth-order valence-corrected chi connectivity index (χ4v) is 2.97. The monoisotopic (exact) mass is 240 g/mol. The Labute approximate surface area is 106 Å². The first-order chi connectivity index (χ1) is 7.95. The molecule has 0 heterocycles. The minimum Gasteiger partial charge on any atom is -0.392 e. The third kappa shape index (κ3) is 3.82. The van der Waals surface area contributed by atoms with Crippen LogP contribution < -0.4 is 0 Å². The molecule has 0 aromatic carbocycles. The molecule has 1 fully saturated rings. The van der Waals surface area contributed by atoms with Gasteiger partial charge >= 0.3 is 0 Å². The van der Waals surface area contributed by atoms with Crippen LogP contribution in [0.1, 0.15) is 52.9 Å². The van der Waals surface area contributed by atoms with E-state index >= 15 is 0 Å². The second kappa shape index (κ2) is 6.55. The molecule has 0 aromatic rings. The Morgan fingerprint density at radius 3 is 2.06 bits per heavy atom. The standard InChI is InChI=1S/C15H28O2/c1-10(2)13(14(16)11(3)4)15(17)12-8-6-5-7-9-12/h11-17H,1,5-9H2,2-4H3/t13-,14?,15-/m1/s1. The molecular formula is C15H28O2. The lowest BCUT2D eigenvalue weighted by atomic mass is 9.74. The van der Waals surface area contributed by atoms with Crippen LogP contribution in [0.2, 0.25) is 0 Å². The Bertz CT molecular complexity index is 241. The highest BCUT2D eigenvalue weighted by molar-refractivity contribution is 5.04. The first-order valence-corrected chi connectivity index (χ1v) is 6.96. The molecule has 0 bridgehead atoms. The van der Waals surface area contributed by atoms with Gasteiger partial charge < -0.3 is 10.2 Å². The first kappa shape index (κ1) is 14.7. The SMILES string of the molecule is C=C(C)[C@H](C(O)C(C)C)[C@H](O)C1CCCCC1. The van der Waals surface area contributed by atoms with Crippen LogP contribution in [0.15, 0.2) is 12.2 Å². The second-order valence-corrected chi connectivity index (χ2v) is 6.00. The maximum atomic E-state index is 10.5. The van der Waals surface area contributed by atoms with Crippen molar-refractivity contribution in [2.45, 2.75) is 65.1 Å². The Kier molecular flexibility index (Phi) is 5.68. The van der Waals surface area contributed by atoms with Crippen molar-refractivity contribution in [1.29, 1.82) is 0 Å². The fourth-order valence-electron chi connectivity index (χ4n) is 2.97. The van der Waals surface area contributed by atoms with E-state index in [1.165, 1.54) is 19.3 Å². The van der Waals surface area contributed by atoms with Crippen molar-refractivity contribution in [2.75, 3.05) is 0 Å². The van der Waals surface area contributed by atoms with Crippen molar-refractivity contribution in [1.82, 2.24) is 0 Å². The average molecular weight is 240 g/mol. The van der Waals surface area contributed by atoms with Crippen molar-refractivity contribution in [2.24, 2.45) is 17.8 Å². The van der Waals surface area contributed by atoms with E-state index in [1.807, 2.05) is 20.8 Å². The Morgan fingerprint density at radius 1 is 1.12 bits per heavy atom. The van der Waals surface area contributed by atoms with Gasteiger partial charge in [-0.25, -0.2) is 0 Å². The van der Waals surface area contributed by atoms with Crippen LogP contribution in [-0.2, 0) is 0 Å². The zero-order valence-corrected chi connectivity index (χ0v) is 11.5. The van der Waals surface area contributed by atoms with Gasteiger partial charge in [0, 0.05) is 5.92 Å². The van der Waals surface area contributed by atoms with Gasteiger partial charge in [0.25, 0.3) is 0 Å². The van der Waals surface area contributed by atoms with Crippen LogP contribution in [0.5, 0.6) is 0 Å². The lowest BCUT2D eigenvalue weighted by molar-refractivity contribution is -0.0279. The Morgan fingerprint density at radius 2 is 1.65 bits per heavy atom. The highest BCUT2D eigenvalue weighted by Crippen LogP contribution is 2.34. The Balaban J connectivity index is 2.71. The van der Waals surface area contributed by atoms with Crippen LogP contribution >= 0.6 is 0 Å². The van der Waals surface area contributed by atoms with Crippen LogP contribution in [0.25, 0.3) is 0 Å². The summed E-state index contributed by atoms with van der Waals surface area (Å²) >= 11 is 0. The number of hydrogen-bond donors (Lipinski definition) is 2. The van der Waals surface area contributed by atoms with Crippen LogP contribution in [0.4, 0.5) is 0 Å². The molecule has 1 aliphatic carbocycles. The van der Waals surface area contributed by atoms with E-state index in [0.717, 1.165) is 18.4 Å². The maximum absolute atomic E-state index is 10.5. The molecule has 17 heavy (non-hydrogen) atoms. The summed E-state index contributed by atoms with van der Waals surface area (Å²) < 4.78 is 0. The molecule has 1 unspecified atom stereocenters. The van der Waals surface area contributed by atoms with E-state index in [9.17, 15) is 10.2 Å². The topological polar surface area (TPSA) is 40.5 Å². The molecule has 2 nitrogen and oxygen atoms in total. The van der Waals surface area contributed by atoms with Gasteiger partial charge in [-0.2, -0.15) is 0 Å². The van der Waals surface area contributed by atoms with Crippen molar-refractivity contribution in [3.63, 3.8) is 0 Å². The third-order valence-corrected chi connectivity index (χ3v) is 4.12. The fraction of sp³-hybridized carbons (Fsp3) is 0.867. The quantitative estimate of drug-likeness (QED) is 0.725. The highest BCUT2D eigenvalue weighted by Gasteiger charge is 2.34. The van der Waals surface area contributed by atoms with Crippen molar-refractivity contribution >= 4 is 0 Å². The zero-order chi connectivity index (χ0) is 13.0. The average Bonchev–Trinajstić information content (AvgIpc) is 2.29. The zero-order valence-electron chi connectivity index (χ0n) is 11.5. The smallest absolute Gasteiger partial charge is 0.0658 e. The van der Waals surface area contributed by atoms with Gasteiger partial charge in [-0.3, -0.25) is 0 Å². The molecule has 0 saturated heterocycles. The number of aliphatic hydroxyl groups excluding tert-OH is 2. The molecule has 0 amide bonds. The molecule has 3 atom stereocenters. The molecule has 100 valence electrons. The van der Waals surface area contributed by atoms with E-state index in [1.54, 1.807) is 0 Å². The normalized spacial score (nSPS) is 23.4. The molecule has 0 aliphatic heterocycles. The molecule has 0 aromatic heterocycles. The lowest BCUT2D eigenvalue weighted by Gasteiger charge is -2.36. The summed E-state index contributed by atoms with van der Waals surface area (Å²) in [5.41, 5.74) is 0.907. The molecule has 1 saturated carbocycles. The van der Waals surface area contributed by atoms with E-state index in [0.29, 0.717) is 5.92 Å². The van der Waals surface area contributed by atoms with Gasteiger partial charge in [0.05, 0.1) is 12.2 Å². The van der Waals surface area contributed by atoms with E-state index in [-0.39, 0.29) is 11.8 Å². The van der Waals surface area contributed by atoms with Crippen LogP contribution in [0.3, 0.4) is 0 Å². The molecule has 1 aliphatic rings. The first-order valence-electron chi connectivity index (χ1n) is 6.96. The maximum Gasteiger partial charge on any atom is 0.0658 e. The highest BCUT2D eigenvalue weighted by atomic mass is 16.3. The largest absolute Gasteiger partial charge is 0.392 e.